The van der Waals surface area contributed by atoms with Crippen molar-refractivity contribution in [1.29, 1.82) is 0 Å². The minimum Gasteiger partial charge on any atom is -0.481 e. The molecule has 1 aliphatic heterocycles. The molecule has 0 saturated carbocycles. The molecular weight excluding hydrogens is 302 g/mol. The maximum atomic E-state index is 12.5. The number of sulfonamides is 1. The van der Waals surface area contributed by atoms with E-state index in [4.69, 9.17) is 16.7 Å². The largest absolute Gasteiger partial charge is 0.481 e. The number of hydrogen-bond acceptors (Lipinski definition) is 3. The minimum absolute atomic E-state index is 0.144. The molecule has 1 aliphatic rings. The Labute approximate surface area is 123 Å². The lowest BCUT2D eigenvalue weighted by atomic mass is 9.93. The number of carboxylic acid groups (broad SMARTS) is 1. The van der Waals surface area contributed by atoms with E-state index in [0.717, 1.165) is 0 Å². The molecule has 0 aromatic heterocycles. The summed E-state index contributed by atoms with van der Waals surface area (Å²) in [5.41, 5.74) is 0. The Hall–Kier alpha value is -1.11. The summed E-state index contributed by atoms with van der Waals surface area (Å²) in [6, 6.07) is 5.77. The Morgan fingerprint density at radius 3 is 2.70 bits per heavy atom. The van der Waals surface area contributed by atoms with Crippen LogP contribution in [-0.4, -0.2) is 36.4 Å². The highest BCUT2D eigenvalue weighted by atomic mass is 35.5. The van der Waals surface area contributed by atoms with Crippen molar-refractivity contribution >= 4 is 27.6 Å². The summed E-state index contributed by atoms with van der Waals surface area (Å²) in [6.45, 7) is 1.95. The number of carboxylic acids is 1. The van der Waals surface area contributed by atoms with E-state index in [1.165, 1.54) is 16.4 Å². The molecule has 5 nitrogen and oxygen atoms in total. The molecule has 1 heterocycles. The van der Waals surface area contributed by atoms with Crippen LogP contribution in [0.25, 0.3) is 0 Å². The zero-order valence-electron chi connectivity index (χ0n) is 11.0. The van der Waals surface area contributed by atoms with E-state index in [1.54, 1.807) is 19.1 Å². The molecule has 110 valence electrons. The van der Waals surface area contributed by atoms with Gasteiger partial charge >= 0.3 is 5.97 Å². The number of halogens is 1. The lowest BCUT2D eigenvalue weighted by Crippen LogP contribution is -2.45. The number of carbonyl (C=O) groups is 1. The summed E-state index contributed by atoms with van der Waals surface area (Å²) in [4.78, 5) is 11.1. The normalized spacial score (nSPS) is 24.5. The minimum atomic E-state index is -3.63. The molecule has 1 saturated heterocycles. The molecule has 0 spiro atoms. The predicted molar refractivity (Wildman–Crippen MR) is 75.2 cm³/mol. The first kappa shape index (κ1) is 15.3. The average Bonchev–Trinajstić information content (AvgIpc) is 2.38. The summed E-state index contributed by atoms with van der Waals surface area (Å²) in [5.74, 6) is -1.34. The van der Waals surface area contributed by atoms with Gasteiger partial charge in [-0.25, -0.2) is 8.42 Å². The molecule has 20 heavy (non-hydrogen) atoms. The van der Waals surface area contributed by atoms with Gasteiger partial charge in [-0.15, -0.1) is 0 Å². The van der Waals surface area contributed by atoms with Gasteiger partial charge in [-0.05, 0) is 38.0 Å². The quantitative estimate of drug-likeness (QED) is 0.927. The van der Waals surface area contributed by atoms with E-state index in [1.807, 2.05) is 0 Å². The van der Waals surface area contributed by atoms with Gasteiger partial charge in [-0.3, -0.25) is 4.79 Å². The Morgan fingerprint density at radius 2 is 2.15 bits per heavy atom. The van der Waals surface area contributed by atoms with E-state index in [-0.39, 0.29) is 17.5 Å². The van der Waals surface area contributed by atoms with Crippen LogP contribution in [-0.2, 0) is 14.8 Å². The highest BCUT2D eigenvalue weighted by Crippen LogP contribution is 2.29. The smallest absolute Gasteiger partial charge is 0.306 e. The number of aliphatic carboxylic acids is 1. The fourth-order valence-electron chi connectivity index (χ4n) is 2.49. The molecule has 1 aromatic carbocycles. The van der Waals surface area contributed by atoms with Crippen molar-refractivity contribution in [3.05, 3.63) is 29.3 Å². The van der Waals surface area contributed by atoms with Crippen LogP contribution in [0.4, 0.5) is 0 Å². The van der Waals surface area contributed by atoms with Crippen LogP contribution in [0, 0.1) is 5.92 Å². The molecule has 2 atom stereocenters. The SMILES string of the molecule is CC1CC(C(=O)O)CCN1S(=O)(=O)c1cccc(Cl)c1. The van der Waals surface area contributed by atoms with E-state index in [2.05, 4.69) is 0 Å². The zero-order chi connectivity index (χ0) is 14.9. The molecule has 0 amide bonds. The molecule has 0 aliphatic carbocycles. The van der Waals surface area contributed by atoms with Crippen molar-refractivity contribution in [3.8, 4) is 0 Å². The van der Waals surface area contributed by atoms with Gasteiger partial charge in [0.05, 0.1) is 10.8 Å². The van der Waals surface area contributed by atoms with E-state index in [0.29, 0.717) is 17.9 Å². The maximum absolute atomic E-state index is 12.5. The van der Waals surface area contributed by atoms with Crippen molar-refractivity contribution in [1.82, 2.24) is 4.31 Å². The summed E-state index contributed by atoms with van der Waals surface area (Å²) < 4.78 is 26.5. The molecule has 1 aromatic rings. The standard InChI is InChI=1S/C13H16ClNO4S/c1-9-7-10(13(16)17)5-6-15(9)20(18,19)12-4-2-3-11(14)8-12/h2-4,8-10H,5-7H2,1H3,(H,16,17). The third kappa shape index (κ3) is 2.97. The van der Waals surface area contributed by atoms with Gasteiger partial charge in [-0.1, -0.05) is 17.7 Å². The van der Waals surface area contributed by atoms with Crippen LogP contribution in [0.1, 0.15) is 19.8 Å². The first-order valence-electron chi connectivity index (χ1n) is 6.32. The Morgan fingerprint density at radius 1 is 1.45 bits per heavy atom. The Kier molecular flexibility index (Phi) is 4.36. The molecule has 0 bridgehead atoms. The molecule has 2 rings (SSSR count). The van der Waals surface area contributed by atoms with Crippen LogP contribution < -0.4 is 0 Å². The van der Waals surface area contributed by atoms with E-state index < -0.39 is 21.9 Å². The van der Waals surface area contributed by atoms with Crippen molar-refractivity contribution < 1.29 is 18.3 Å². The molecule has 7 heteroatoms. The van der Waals surface area contributed by atoms with Crippen LogP contribution in [0.2, 0.25) is 5.02 Å². The lowest BCUT2D eigenvalue weighted by Gasteiger charge is -2.35. The summed E-state index contributed by atoms with van der Waals surface area (Å²) in [6.07, 6.45) is 0.661. The summed E-state index contributed by atoms with van der Waals surface area (Å²) in [7, 11) is -3.63. The van der Waals surface area contributed by atoms with Gasteiger partial charge in [0.1, 0.15) is 0 Å². The van der Waals surface area contributed by atoms with Gasteiger partial charge in [-0.2, -0.15) is 4.31 Å². The molecule has 0 radical (unpaired) electrons. The second kappa shape index (κ2) is 5.71. The summed E-state index contributed by atoms with van der Waals surface area (Å²) >= 11 is 5.83. The van der Waals surface area contributed by atoms with Gasteiger partial charge in [0.25, 0.3) is 0 Å². The predicted octanol–water partition coefficient (Wildman–Crippen LogP) is 2.21. The summed E-state index contributed by atoms with van der Waals surface area (Å²) in [5, 5.41) is 9.37. The number of nitrogens with zero attached hydrogens (tertiary/aromatic N) is 1. The first-order chi connectivity index (χ1) is 9.32. The van der Waals surface area contributed by atoms with Crippen molar-refractivity contribution in [2.75, 3.05) is 6.54 Å². The topological polar surface area (TPSA) is 74.7 Å². The van der Waals surface area contributed by atoms with E-state index in [9.17, 15) is 13.2 Å². The van der Waals surface area contributed by atoms with Gasteiger partial charge in [0.2, 0.25) is 10.0 Å². The van der Waals surface area contributed by atoms with Crippen molar-refractivity contribution in [2.24, 2.45) is 5.92 Å². The fourth-order valence-corrected chi connectivity index (χ4v) is 4.45. The molecule has 2 unspecified atom stereocenters. The van der Waals surface area contributed by atoms with Gasteiger partial charge < -0.3 is 5.11 Å². The van der Waals surface area contributed by atoms with Crippen LogP contribution in [0.15, 0.2) is 29.2 Å². The third-order valence-electron chi connectivity index (χ3n) is 3.57. The average molecular weight is 318 g/mol. The number of benzene rings is 1. The van der Waals surface area contributed by atoms with Gasteiger partial charge in [0.15, 0.2) is 0 Å². The maximum Gasteiger partial charge on any atom is 0.306 e. The second-order valence-electron chi connectivity index (χ2n) is 4.98. The molecule has 1 N–H and O–H groups in total. The van der Waals surface area contributed by atoms with Crippen LogP contribution in [0.5, 0.6) is 0 Å². The zero-order valence-corrected chi connectivity index (χ0v) is 12.6. The molecule has 1 fully saturated rings. The Bertz CT molecular complexity index is 617. The third-order valence-corrected chi connectivity index (χ3v) is 5.81. The van der Waals surface area contributed by atoms with Crippen molar-refractivity contribution in [3.63, 3.8) is 0 Å². The number of rotatable bonds is 3. The Balaban J connectivity index is 2.25. The van der Waals surface area contributed by atoms with E-state index >= 15 is 0 Å². The molecular formula is C13H16ClNO4S. The first-order valence-corrected chi connectivity index (χ1v) is 8.14. The fraction of sp³-hybridized carbons (Fsp3) is 0.462. The monoisotopic (exact) mass is 317 g/mol. The van der Waals surface area contributed by atoms with Gasteiger partial charge in [0, 0.05) is 17.6 Å². The highest BCUT2D eigenvalue weighted by molar-refractivity contribution is 7.89. The van der Waals surface area contributed by atoms with Crippen LogP contribution >= 0.6 is 11.6 Å². The van der Waals surface area contributed by atoms with Crippen molar-refractivity contribution in [2.45, 2.75) is 30.7 Å². The number of hydrogen-bond donors (Lipinski definition) is 1. The highest BCUT2D eigenvalue weighted by Gasteiger charge is 2.36. The number of piperidine rings is 1. The second-order valence-corrected chi connectivity index (χ2v) is 7.31. The van der Waals surface area contributed by atoms with Crippen LogP contribution in [0.3, 0.4) is 0 Å². The lowest BCUT2D eigenvalue weighted by molar-refractivity contribution is -0.143.